The largest absolute Gasteiger partial charge is 0.481 e. The number of piperidine rings is 1. The number of carbonyl (C=O) groups excluding carboxylic acids is 2. The number of rotatable bonds is 7. The third-order valence-electron chi connectivity index (χ3n) is 7.51. The molecule has 3 atom stereocenters. The van der Waals surface area contributed by atoms with E-state index in [9.17, 15) is 19.5 Å². The molecule has 1 heterocycles. The van der Waals surface area contributed by atoms with Crippen molar-refractivity contribution in [2.24, 2.45) is 5.92 Å². The Bertz CT molecular complexity index is 1070. The molecule has 186 valence electrons. The normalized spacial score (nSPS) is 20.9. The number of hydrogen-bond acceptors (Lipinski definition) is 4. The number of carboxylic acids is 1. The SMILES string of the molecule is CCCC(C)(NC(=O)OCC1c2ccccc2-c2ccccc21)C(=O)N1CCC[C@H](C(=O)O)[C@@H]1C. The third-order valence-corrected chi connectivity index (χ3v) is 7.51. The van der Waals surface area contributed by atoms with Crippen LogP contribution in [-0.2, 0) is 14.3 Å². The Morgan fingerprint density at radius 3 is 2.26 bits per heavy atom. The Balaban J connectivity index is 1.47. The fraction of sp³-hybridized carbons (Fsp3) is 0.464. The molecule has 2 aromatic carbocycles. The quantitative estimate of drug-likeness (QED) is 0.596. The van der Waals surface area contributed by atoms with E-state index in [1.807, 2.05) is 31.2 Å². The molecule has 1 aliphatic carbocycles. The lowest BCUT2D eigenvalue weighted by Gasteiger charge is -2.42. The average Bonchev–Trinajstić information content (AvgIpc) is 3.16. The summed E-state index contributed by atoms with van der Waals surface area (Å²) in [5, 5.41) is 12.4. The number of alkyl carbamates (subject to hydrolysis) is 1. The molecule has 0 spiro atoms. The van der Waals surface area contributed by atoms with Crippen molar-refractivity contribution in [2.45, 2.75) is 64.0 Å². The molecule has 1 unspecified atom stereocenters. The van der Waals surface area contributed by atoms with E-state index < -0.39 is 29.6 Å². The first-order valence-corrected chi connectivity index (χ1v) is 12.4. The molecular weight excluding hydrogens is 444 g/mol. The van der Waals surface area contributed by atoms with Crippen LogP contribution in [0.5, 0.6) is 0 Å². The number of aliphatic carboxylic acids is 1. The summed E-state index contributed by atoms with van der Waals surface area (Å²) in [4.78, 5) is 39.8. The molecule has 2 aromatic rings. The third kappa shape index (κ3) is 4.77. The number of nitrogens with one attached hydrogen (secondary N) is 1. The smallest absolute Gasteiger partial charge is 0.408 e. The maximum Gasteiger partial charge on any atom is 0.408 e. The van der Waals surface area contributed by atoms with Crippen molar-refractivity contribution >= 4 is 18.0 Å². The van der Waals surface area contributed by atoms with Gasteiger partial charge in [0.2, 0.25) is 5.91 Å². The zero-order valence-electron chi connectivity index (χ0n) is 20.6. The molecule has 35 heavy (non-hydrogen) atoms. The van der Waals surface area contributed by atoms with Crippen molar-refractivity contribution < 1.29 is 24.2 Å². The molecule has 0 bridgehead atoms. The van der Waals surface area contributed by atoms with Crippen LogP contribution in [0, 0.1) is 5.92 Å². The van der Waals surface area contributed by atoms with Crippen molar-refractivity contribution in [1.82, 2.24) is 10.2 Å². The van der Waals surface area contributed by atoms with Gasteiger partial charge in [-0.25, -0.2) is 4.79 Å². The van der Waals surface area contributed by atoms with Gasteiger partial charge in [-0.3, -0.25) is 9.59 Å². The predicted octanol–water partition coefficient (Wildman–Crippen LogP) is 4.80. The minimum absolute atomic E-state index is 0.0697. The average molecular weight is 479 g/mol. The standard InChI is InChI=1S/C28H34N2O5/c1-4-15-28(3,26(33)30-16-9-14-19(18(30)2)25(31)32)29-27(34)35-17-24-22-12-7-5-10-20(22)21-11-6-8-13-23(21)24/h5-8,10-13,18-19,24H,4,9,14-17H2,1-3H3,(H,29,34)(H,31,32)/t18-,19-,28?/m0/s1. The Labute approximate surface area is 206 Å². The second-order valence-electron chi connectivity index (χ2n) is 9.86. The topological polar surface area (TPSA) is 95.9 Å². The molecule has 0 aromatic heterocycles. The van der Waals surface area contributed by atoms with Gasteiger partial charge in [0.05, 0.1) is 5.92 Å². The number of carboxylic acid groups (broad SMARTS) is 1. The number of benzene rings is 2. The molecule has 7 nitrogen and oxygen atoms in total. The summed E-state index contributed by atoms with van der Waals surface area (Å²) >= 11 is 0. The number of carbonyl (C=O) groups is 3. The van der Waals surface area contributed by atoms with Gasteiger partial charge in [-0.15, -0.1) is 0 Å². The lowest BCUT2D eigenvalue weighted by atomic mass is 9.87. The van der Waals surface area contributed by atoms with Crippen molar-refractivity contribution in [1.29, 1.82) is 0 Å². The van der Waals surface area contributed by atoms with E-state index in [0.29, 0.717) is 32.2 Å². The number of hydrogen-bond donors (Lipinski definition) is 2. The fourth-order valence-corrected chi connectivity index (χ4v) is 5.66. The Hall–Kier alpha value is -3.35. The molecule has 1 saturated heterocycles. The minimum atomic E-state index is -1.17. The van der Waals surface area contributed by atoms with Crippen LogP contribution in [0.2, 0.25) is 0 Å². The van der Waals surface area contributed by atoms with Crippen LogP contribution in [0.1, 0.15) is 63.5 Å². The first-order chi connectivity index (χ1) is 16.8. The molecule has 0 radical (unpaired) electrons. The number of fused-ring (bicyclic) bond motifs is 3. The van der Waals surface area contributed by atoms with Crippen molar-refractivity contribution in [2.75, 3.05) is 13.2 Å². The van der Waals surface area contributed by atoms with Gasteiger partial charge < -0.3 is 20.1 Å². The summed E-state index contributed by atoms with van der Waals surface area (Å²) in [5.74, 6) is -1.82. The van der Waals surface area contributed by atoms with Gasteiger partial charge in [-0.1, -0.05) is 61.9 Å². The monoisotopic (exact) mass is 478 g/mol. The van der Waals surface area contributed by atoms with Crippen LogP contribution in [-0.4, -0.2) is 52.7 Å². The second-order valence-corrected chi connectivity index (χ2v) is 9.86. The number of nitrogens with zero attached hydrogens (tertiary/aromatic N) is 1. The van der Waals surface area contributed by atoms with E-state index in [1.54, 1.807) is 18.7 Å². The van der Waals surface area contributed by atoms with Crippen molar-refractivity contribution in [3.05, 3.63) is 59.7 Å². The summed E-state index contributed by atoms with van der Waals surface area (Å²) in [5.41, 5.74) is 3.36. The Morgan fingerprint density at radius 1 is 1.09 bits per heavy atom. The summed E-state index contributed by atoms with van der Waals surface area (Å²) in [6.07, 6.45) is 1.63. The lowest BCUT2D eigenvalue weighted by molar-refractivity contribution is -0.151. The number of likely N-dealkylation sites (tertiary alicyclic amines) is 1. The van der Waals surface area contributed by atoms with Gasteiger partial charge in [-0.05, 0) is 55.4 Å². The van der Waals surface area contributed by atoms with Crippen LogP contribution in [0.3, 0.4) is 0 Å². The van der Waals surface area contributed by atoms with Crippen LogP contribution < -0.4 is 5.32 Å². The zero-order chi connectivity index (χ0) is 25.2. The highest BCUT2D eigenvalue weighted by Gasteiger charge is 2.43. The zero-order valence-corrected chi connectivity index (χ0v) is 20.6. The Morgan fingerprint density at radius 2 is 1.69 bits per heavy atom. The van der Waals surface area contributed by atoms with Crippen LogP contribution in [0.15, 0.2) is 48.5 Å². The highest BCUT2D eigenvalue weighted by atomic mass is 16.5. The van der Waals surface area contributed by atoms with Crippen molar-refractivity contribution in [3.63, 3.8) is 0 Å². The summed E-state index contributed by atoms with van der Waals surface area (Å²) < 4.78 is 5.69. The van der Waals surface area contributed by atoms with Crippen LogP contribution in [0.4, 0.5) is 4.79 Å². The fourth-order valence-electron chi connectivity index (χ4n) is 5.66. The summed E-state index contributed by atoms with van der Waals surface area (Å²) in [7, 11) is 0. The van der Waals surface area contributed by atoms with Gasteiger partial charge in [0.25, 0.3) is 0 Å². The van der Waals surface area contributed by atoms with Crippen LogP contribution >= 0.6 is 0 Å². The molecule has 1 fully saturated rings. The molecule has 0 saturated carbocycles. The van der Waals surface area contributed by atoms with E-state index >= 15 is 0 Å². The molecule has 2 N–H and O–H groups in total. The first kappa shape index (κ1) is 24.8. The van der Waals surface area contributed by atoms with E-state index in [2.05, 4.69) is 29.6 Å². The molecule has 7 heteroatoms. The highest BCUT2D eigenvalue weighted by Crippen LogP contribution is 2.44. The van der Waals surface area contributed by atoms with Gasteiger partial charge in [0.15, 0.2) is 0 Å². The molecular formula is C28H34N2O5. The maximum atomic E-state index is 13.6. The Kier molecular flexibility index (Phi) is 7.15. The maximum absolute atomic E-state index is 13.6. The molecule has 4 rings (SSSR count). The van der Waals surface area contributed by atoms with Gasteiger partial charge in [0.1, 0.15) is 12.1 Å². The highest BCUT2D eigenvalue weighted by molar-refractivity contribution is 5.90. The predicted molar refractivity (Wildman–Crippen MR) is 133 cm³/mol. The number of amides is 2. The van der Waals surface area contributed by atoms with Crippen molar-refractivity contribution in [3.8, 4) is 11.1 Å². The first-order valence-electron chi connectivity index (χ1n) is 12.4. The van der Waals surface area contributed by atoms with E-state index in [-0.39, 0.29) is 18.4 Å². The molecule has 2 aliphatic rings. The lowest BCUT2D eigenvalue weighted by Crippen LogP contribution is -2.62. The minimum Gasteiger partial charge on any atom is -0.481 e. The second kappa shape index (κ2) is 10.1. The van der Waals surface area contributed by atoms with Gasteiger partial charge >= 0.3 is 12.1 Å². The van der Waals surface area contributed by atoms with E-state index in [1.165, 1.54) is 0 Å². The molecule has 1 aliphatic heterocycles. The van der Waals surface area contributed by atoms with E-state index in [4.69, 9.17) is 4.74 Å². The van der Waals surface area contributed by atoms with E-state index in [0.717, 1.165) is 22.3 Å². The summed E-state index contributed by atoms with van der Waals surface area (Å²) in [6.45, 7) is 6.07. The summed E-state index contributed by atoms with van der Waals surface area (Å²) in [6, 6.07) is 15.8. The number of ether oxygens (including phenoxy) is 1. The van der Waals surface area contributed by atoms with Gasteiger partial charge in [0, 0.05) is 18.5 Å². The van der Waals surface area contributed by atoms with Crippen LogP contribution in [0.25, 0.3) is 11.1 Å². The molecule has 2 amide bonds. The van der Waals surface area contributed by atoms with Gasteiger partial charge in [-0.2, -0.15) is 0 Å².